The topological polar surface area (TPSA) is 71.1 Å². The van der Waals surface area contributed by atoms with Crippen molar-refractivity contribution in [1.29, 1.82) is 0 Å². The van der Waals surface area contributed by atoms with Gasteiger partial charge in [-0.25, -0.2) is 4.98 Å². The standard InChI is InChI=1S/C7H9N3O2S/c1-8-6(11)7(12)10-4-5-9-2-3-13-5/h2-3H,4H2,1H3,(H,8,11)(H,10,12). The van der Waals surface area contributed by atoms with Crippen molar-refractivity contribution in [1.82, 2.24) is 15.6 Å². The number of amides is 2. The number of carbonyl (C=O) groups is 2. The van der Waals surface area contributed by atoms with Crippen LogP contribution in [0.4, 0.5) is 0 Å². The Kier molecular flexibility index (Phi) is 3.39. The maximum atomic E-state index is 10.9. The highest BCUT2D eigenvalue weighted by Crippen LogP contribution is 2.02. The molecule has 1 aromatic heterocycles. The zero-order chi connectivity index (χ0) is 9.68. The predicted molar refractivity (Wildman–Crippen MR) is 48.0 cm³/mol. The number of hydrogen-bond acceptors (Lipinski definition) is 4. The van der Waals surface area contributed by atoms with Crippen LogP contribution in [0.25, 0.3) is 0 Å². The second-order valence-electron chi connectivity index (χ2n) is 2.19. The average molecular weight is 199 g/mol. The second kappa shape index (κ2) is 4.56. The number of carbonyl (C=O) groups excluding carboxylic acids is 2. The highest BCUT2D eigenvalue weighted by Gasteiger charge is 2.10. The van der Waals surface area contributed by atoms with Crippen LogP contribution in [0.3, 0.4) is 0 Å². The van der Waals surface area contributed by atoms with Gasteiger partial charge in [-0.3, -0.25) is 9.59 Å². The smallest absolute Gasteiger partial charge is 0.309 e. The first-order valence-corrected chi connectivity index (χ1v) is 4.50. The largest absolute Gasteiger partial charge is 0.351 e. The normalized spacial score (nSPS) is 9.31. The number of rotatable bonds is 2. The predicted octanol–water partition coefficient (Wildman–Crippen LogP) is -0.495. The summed E-state index contributed by atoms with van der Waals surface area (Å²) in [4.78, 5) is 25.6. The second-order valence-corrected chi connectivity index (χ2v) is 3.17. The van der Waals surface area contributed by atoms with Crippen molar-refractivity contribution in [3.05, 3.63) is 16.6 Å². The number of nitrogens with zero attached hydrogens (tertiary/aromatic N) is 1. The number of thiazole rings is 1. The van der Waals surface area contributed by atoms with Gasteiger partial charge in [0.1, 0.15) is 5.01 Å². The molecule has 0 aliphatic rings. The van der Waals surface area contributed by atoms with E-state index in [2.05, 4.69) is 15.6 Å². The molecule has 0 aliphatic heterocycles. The summed E-state index contributed by atoms with van der Waals surface area (Å²) in [6, 6.07) is 0. The lowest BCUT2D eigenvalue weighted by Gasteiger charge is -2.00. The Labute approximate surface area is 79.2 Å². The molecule has 2 N–H and O–H groups in total. The Bertz CT molecular complexity index is 297. The highest BCUT2D eigenvalue weighted by molar-refractivity contribution is 7.09. The average Bonchev–Trinajstić information content (AvgIpc) is 2.65. The summed E-state index contributed by atoms with van der Waals surface area (Å²) in [6.07, 6.45) is 1.64. The minimum Gasteiger partial charge on any atom is -0.351 e. The van der Waals surface area contributed by atoms with Crippen molar-refractivity contribution in [2.24, 2.45) is 0 Å². The Morgan fingerprint density at radius 1 is 1.54 bits per heavy atom. The molecule has 0 fully saturated rings. The number of likely N-dealkylation sites (N-methyl/N-ethyl adjacent to an activating group) is 1. The van der Waals surface area contributed by atoms with E-state index in [1.54, 1.807) is 11.6 Å². The molecule has 6 heteroatoms. The molecule has 0 unspecified atom stereocenters. The van der Waals surface area contributed by atoms with Gasteiger partial charge in [-0.1, -0.05) is 0 Å². The molecular weight excluding hydrogens is 190 g/mol. The van der Waals surface area contributed by atoms with Crippen LogP contribution in [0, 0.1) is 0 Å². The number of aromatic nitrogens is 1. The number of hydrogen-bond donors (Lipinski definition) is 2. The van der Waals surface area contributed by atoms with Gasteiger partial charge in [-0.2, -0.15) is 0 Å². The molecule has 0 saturated heterocycles. The Balaban J connectivity index is 2.35. The molecule has 0 atom stereocenters. The van der Waals surface area contributed by atoms with Crippen LogP contribution in [0.2, 0.25) is 0 Å². The van der Waals surface area contributed by atoms with Gasteiger partial charge in [-0.15, -0.1) is 11.3 Å². The first-order valence-electron chi connectivity index (χ1n) is 3.62. The third-order valence-electron chi connectivity index (χ3n) is 1.32. The monoisotopic (exact) mass is 199 g/mol. The van der Waals surface area contributed by atoms with E-state index in [-0.39, 0.29) is 0 Å². The Morgan fingerprint density at radius 2 is 2.31 bits per heavy atom. The van der Waals surface area contributed by atoms with Crippen LogP contribution in [-0.2, 0) is 16.1 Å². The van der Waals surface area contributed by atoms with Crippen LogP contribution in [-0.4, -0.2) is 23.8 Å². The van der Waals surface area contributed by atoms with Crippen molar-refractivity contribution in [3.63, 3.8) is 0 Å². The summed E-state index contributed by atoms with van der Waals surface area (Å²) < 4.78 is 0. The molecular formula is C7H9N3O2S. The lowest BCUT2D eigenvalue weighted by atomic mass is 10.5. The minimum absolute atomic E-state index is 0.296. The molecule has 2 amide bonds. The quantitative estimate of drug-likeness (QED) is 0.631. The molecule has 13 heavy (non-hydrogen) atoms. The van der Waals surface area contributed by atoms with Crippen molar-refractivity contribution in [2.75, 3.05) is 7.05 Å². The van der Waals surface area contributed by atoms with Crippen LogP contribution < -0.4 is 10.6 Å². The zero-order valence-electron chi connectivity index (χ0n) is 7.03. The zero-order valence-corrected chi connectivity index (χ0v) is 7.85. The van der Waals surface area contributed by atoms with Crippen LogP contribution in [0.5, 0.6) is 0 Å². The Morgan fingerprint density at radius 3 is 2.85 bits per heavy atom. The maximum Gasteiger partial charge on any atom is 0.309 e. The molecule has 0 radical (unpaired) electrons. The van der Waals surface area contributed by atoms with E-state index in [1.807, 2.05) is 0 Å². The van der Waals surface area contributed by atoms with Gasteiger partial charge < -0.3 is 10.6 Å². The molecule has 5 nitrogen and oxygen atoms in total. The SMILES string of the molecule is CNC(=O)C(=O)NCc1nccs1. The minimum atomic E-state index is -0.642. The third kappa shape index (κ3) is 2.83. The maximum absolute atomic E-state index is 10.9. The molecule has 1 aromatic rings. The van der Waals surface area contributed by atoms with E-state index in [9.17, 15) is 9.59 Å². The first kappa shape index (κ1) is 9.66. The van der Waals surface area contributed by atoms with Crippen LogP contribution >= 0.6 is 11.3 Å². The fourth-order valence-electron chi connectivity index (χ4n) is 0.690. The fourth-order valence-corrected chi connectivity index (χ4v) is 1.25. The summed E-state index contributed by atoms with van der Waals surface area (Å²) in [5, 5.41) is 7.24. The van der Waals surface area contributed by atoms with Crippen molar-refractivity contribution in [3.8, 4) is 0 Å². The molecule has 0 aliphatic carbocycles. The fraction of sp³-hybridized carbons (Fsp3) is 0.286. The van der Waals surface area contributed by atoms with E-state index >= 15 is 0 Å². The van der Waals surface area contributed by atoms with E-state index in [4.69, 9.17) is 0 Å². The van der Waals surface area contributed by atoms with Crippen molar-refractivity contribution < 1.29 is 9.59 Å². The van der Waals surface area contributed by atoms with Crippen molar-refractivity contribution in [2.45, 2.75) is 6.54 Å². The van der Waals surface area contributed by atoms with Gasteiger partial charge in [-0.05, 0) is 0 Å². The van der Waals surface area contributed by atoms with E-state index in [0.717, 1.165) is 5.01 Å². The highest BCUT2D eigenvalue weighted by atomic mass is 32.1. The van der Waals surface area contributed by atoms with Gasteiger partial charge in [0.05, 0.1) is 6.54 Å². The molecule has 70 valence electrons. The summed E-state index contributed by atoms with van der Waals surface area (Å²) in [5.41, 5.74) is 0. The molecule has 1 heterocycles. The summed E-state index contributed by atoms with van der Waals surface area (Å²) in [6.45, 7) is 0.296. The summed E-state index contributed by atoms with van der Waals surface area (Å²) >= 11 is 1.43. The van der Waals surface area contributed by atoms with Gasteiger partial charge >= 0.3 is 11.8 Å². The molecule has 1 rings (SSSR count). The van der Waals surface area contributed by atoms with Gasteiger partial charge in [0.2, 0.25) is 0 Å². The molecule has 0 aromatic carbocycles. The molecule has 0 saturated carbocycles. The lowest BCUT2D eigenvalue weighted by molar-refractivity contribution is -0.139. The van der Waals surface area contributed by atoms with Crippen molar-refractivity contribution >= 4 is 23.2 Å². The van der Waals surface area contributed by atoms with Crippen LogP contribution in [0.1, 0.15) is 5.01 Å². The van der Waals surface area contributed by atoms with E-state index in [0.29, 0.717) is 6.54 Å². The molecule has 0 bridgehead atoms. The van der Waals surface area contributed by atoms with Gasteiger partial charge in [0.25, 0.3) is 0 Å². The van der Waals surface area contributed by atoms with Gasteiger partial charge in [0.15, 0.2) is 0 Å². The Hall–Kier alpha value is -1.43. The molecule has 0 spiro atoms. The first-order chi connectivity index (χ1) is 6.24. The lowest BCUT2D eigenvalue weighted by Crippen LogP contribution is -2.37. The summed E-state index contributed by atoms with van der Waals surface area (Å²) in [7, 11) is 1.41. The van der Waals surface area contributed by atoms with E-state index in [1.165, 1.54) is 18.4 Å². The van der Waals surface area contributed by atoms with Crippen LogP contribution in [0.15, 0.2) is 11.6 Å². The van der Waals surface area contributed by atoms with E-state index < -0.39 is 11.8 Å². The van der Waals surface area contributed by atoms with Gasteiger partial charge in [0, 0.05) is 18.6 Å². The summed E-state index contributed by atoms with van der Waals surface area (Å²) in [5.74, 6) is -1.28. The number of nitrogens with one attached hydrogen (secondary N) is 2. The third-order valence-corrected chi connectivity index (χ3v) is 2.10.